The summed E-state index contributed by atoms with van der Waals surface area (Å²) in [5.41, 5.74) is 4.76. The van der Waals surface area contributed by atoms with Gasteiger partial charge in [0.15, 0.2) is 0 Å². The van der Waals surface area contributed by atoms with E-state index in [1.807, 2.05) is 47.4 Å². The highest BCUT2D eigenvalue weighted by Crippen LogP contribution is 2.33. The molecule has 0 spiro atoms. The zero-order chi connectivity index (χ0) is 22.5. The molecule has 7 heteroatoms. The van der Waals surface area contributed by atoms with Crippen LogP contribution in [0.4, 0.5) is 0 Å². The van der Waals surface area contributed by atoms with Crippen LogP contribution in [0.3, 0.4) is 0 Å². The molecule has 4 rings (SSSR count). The van der Waals surface area contributed by atoms with Crippen molar-refractivity contribution in [2.45, 2.75) is 25.5 Å². The third kappa shape index (κ3) is 4.53. The van der Waals surface area contributed by atoms with Gasteiger partial charge < -0.3 is 15.0 Å². The first kappa shape index (κ1) is 21.6. The number of rotatable bonds is 6. The number of carbonyl (C=O) groups excluding carboxylic acids is 2. The third-order valence-electron chi connectivity index (χ3n) is 5.71. The number of pyridine rings is 2. The number of nitrogens with zero attached hydrogens (tertiary/aromatic N) is 3. The lowest BCUT2D eigenvalue weighted by atomic mass is 10.1. The van der Waals surface area contributed by atoms with E-state index in [-0.39, 0.29) is 17.9 Å². The van der Waals surface area contributed by atoms with Gasteiger partial charge in [-0.2, -0.15) is 0 Å². The Morgan fingerprint density at radius 2 is 1.75 bits per heavy atom. The number of hydrogen-bond donors (Lipinski definition) is 1. The Hall–Kier alpha value is -3.58. The van der Waals surface area contributed by atoms with Gasteiger partial charge in [-0.3, -0.25) is 19.6 Å². The molecule has 3 aromatic rings. The third-order valence-corrected chi connectivity index (χ3v) is 5.71. The Balaban J connectivity index is 1.49. The van der Waals surface area contributed by atoms with E-state index in [1.54, 1.807) is 32.6 Å². The molecule has 1 unspecified atom stereocenters. The molecule has 2 aromatic heterocycles. The molecule has 0 saturated carbocycles. The van der Waals surface area contributed by atoms with Crippen molar-refractivity contribution < 1.29 is 14.3 Å². The topological polar surface area (TPSA) is 84.4 Å². The second kappa shape index (κ2) is 9.70. The van der Waals surface area contributed by atoms with E-state index in [4.69, 9.17) is 4.74 Å². The van der Waals surface area contributed by atoms with Gasteiger partial charge in [-0.05, 0) is 42.7 Å². The Morgan fingerprint density at radius 3 is 2.34 bits per heavy atom. The van der Waals surface area contributed by atoms with Gasteiger partial charge in [0.25, 0.3) is 11.8 Å². The van der Waals surface area contributed by atoms with Crippen LogP contribution in [0.1, 0.15) is 51.0 Å². The van der Waals surface area contributed by atoms with Crippen molar-refractivity contribution in [1.29, 1.82) is 0 Å². The van der Waals surface area contributed by atoms with Crippen LogP contribution in [0.15, 0.2) is 60.9 Å². The standard InChI is InChI=1S/C25H26N4O3/c1-26-24(30)22-12-10-20(15-28-22)19-9-11-21(27-14-19)23-4-3-13-29(23)25(31)18-7-5-17(6-8-18)16-32-2/h5-12,14-15,23H,3-4,13,16H2,1-2H3,(H,26,30). The second-order valence-corrected chi connectivity index (χ2v) is 7.77. The molecule has 2 amide bonds. The molecule has 1 atom stereocenters. The first-order chi connectivity index (χ1) is 15.6. The average molecular weight is 431 g/mol. The maximum absolute atomic E-state index is 13.1. The Bertz CT molecular complexity index is 1080. The fraction of sp³-hybridized carbons (Fsp3) is 0.280. The second-order valence-electron chi connectivity index (χ2n) is 7.77. The first-order valence-electron chi connectivity index (χ1n) is 10.6. The smallest absolute Gasteiger partial charge is 0.269 e. The van der Waals surface area contributed by atoms with Crippen LogP contribution in [0, 0.1) is 0 Å². The van der Waals surface area contributed by atoms with Crippen LogP contribution in [0.5, 0.6) is 0 Å². The minimum atomic E-state index is -0.218. The van der Waals surface area contributed by atoms with Crippen molar-refractivity contribution in [3.05, 3.63) is 83.4 Å². The number of amides is 2. The van der Waals surface area contributed by atoms with E-state index in [2.05, 4.69) is 15.3 Å². The molecule has 7 nitrogen and oxygen atoms in total. The molecule has 1 saturated heterocycles. The molecule has 1 aromatic carbocycles. The summed E-state index contributed by atoms with van der Waals surface area (Å²) in [4.78, 5) is 35.6. The van der Waals surface area contributed by atoms with Crippen LogP contribution in [0.2, 0.25) is 0 Å². The number of methoxy groups -OCH3 is 1. The summed E-state index contributed by atoms with van der Waals surface area (Å²) in [5.74, 6) is -0.194. The number of hydrogen-bond acceptors (Lipinski definition) is 5. The van der Waals surface area contributed by atoms with Crippen LogP contribution in [-0.2, 0) is 11.3 Å². The molecule has 1 aliphatic heterocycles. The highest BCUT2D eigenvalue weighted by molar-refractivity contribution is 5.94. The maximum Gasteiger partial charge on any atom is 0.269 e. The minimum Gasteiger partial charge on any atom is -0.380 e. The lowest BCUT2D eigenvalue weighted by molar-refractivity contribution is 0.0732. The lowest BCUT2D eigenvalue weighted by Gasteiger charge is -2.24. The Labute approximate surface area is 187 Å². The van der Waals surface area contributed by atoms with Gasteiger partial charge in [0.1, 0.15) is 5.69 Å². The van der Waals surface area contributed by atoms with Gasteiger partial charge in [-0.1, -0.05) is 24.3 Å². The van der Waals surface area contributed by atoms with Crippen molar-refractivity contribution in [2.24, 2.45) is 0 Å². The van der Waals surface area contributed by atoms with Gasteiger partial charge in [0, 0.05) is 49.8 Å². The number of benzene rings is 1. The van der Waals surface area contributed by atoms with Gasteiger partial charge >= 0.3 is 0 Å². The molecule has 0 radical (unpaired) electrons. The highest BCUT2D eigenvalue weighted by atomic mass is 16.5. The average Bonchev–Trinajstić information content (AvgIpc) is 3.34. The maximum atomic E-state index is 13.1. The van der Waals surface area contributed by atoms with E-state index in [9.17, 15) is 9.59 Å². The predicted molar refractivity (Wildman–Crippen MR) is 121 cm³/mol. The zero-order valence-electron chi connectivity index (χ0n) is 18.2. The quantitative estimate of drug-likeness (QED) is 0.646. The molecule has 164 valence electrons. The molecule has 3 heterocycles. The highest BCUT2D eigenvalue weighted by Gasteiger charge is 2.31. The van der Waals surface area contributed by atoms with Crippen molar-refractivity contribution >= 4 is 11.8 Å². The van der Waals surface area contributed by atoms with E-state index < -0.39 is 0 Å². The predicted octanol–water partition coefficient (Wildman–Crippen LogP) is 3.63. The van der Waals surface area contributed by atoms with Gasteiger partial charge in [-0.15, -0.1) is 0 Å². The number of ether oxygens (including phenoxy) is 1. The Morgan fingerprint density at radius 1 is 1.03 bits per heavy atom. The monoisotopic (exact) mass is 430 g/mol. The summed E-state index contributed by atoms with van der Waals surface area (Å²) in [7, 11) is 3.23. The molecule has 1 N–H and O–H groups in total. The molecule has 32 heavy (non-hydrogen) atoms. The summed E-state index contributed by atoms with van der Waals surface area (Å²) in [6, 6.07) is 15.0. The minimum absolute atomic E-state index is 0.0244. The van der Waals surface area contributed by atoms with Crippen LogP contribution < -0.4 is 5.32 Å². The summed E-state index contributed by atoms with van der Waals surface area (Å²) >= 11 is 0. The van der Waals surface area contributed by atoms with Crippen LogP contribution >= 0.6 is 0 Å². The van der Waals surface area contributed by atoms with E-state index in [1.165, 1.54) is 0 Å². The molecule has 0 bridgehead atoms. The summed E-state index contributed by atoms with van der Waals surface area (Å²) in [6.07, 6.45) is 5.31. The van der Waals surface area contributed by atoms with E-state index in [0.717, 1.165) is 41.8 Å². The molecular formula is C25H26N4O3. The van der Waals surface area contributed by atoms with Crippen LogP contribution in [0.25, 0.3) is 11.1 Å². The van der Waals surface area contributed by atoms with Gasteiger partial charge in [-0.25, -0.2) is 0 Å². The molecule has 1 fully saturated rings. The van der Waals surface area contributed by atoms with E-state index in [0.29, 0.717) is 17.9 Å². The van der Waals surface area contributed by atoms with Crippen LogP contribution in [-0.4, -0.2) is 47.4 Å². The summed E-state index contributed by atoms with van der Waals surface area (Å²) in [6.45, 7) is 1.25. The van der Waals surface area contributed by atoms with Crippen molar-refractivity contribution in [1.82, 2.24) is 20.2 Å². The fourth-order valence-electron chi connectivity index (χ4n) is 3.99. The SMILES string of the molecule is CNC(=O)c1ccc(-c2ccc(C3CCCN3C(=O)c3ccc(COC)cc3)nc2)cn1. The zero-order valence-corrected chi connectivity index (χ0v) is 18.2. The van der Waals surface area contributed by atoms with Crippen molar-refractivity contribution in [3.8, 4) is 11.1 Å². The van der Waals surface area contributed by atoms with E-state index >= 15 is 0 Å². The number of carbonyl (C=O) groups is 2. The normalized spacial score (nSPS) is 15.6. The number of nitrogens with one attached hydrogen (secondary N) is 1. The summed E-state index contributed by atoms with van der Waals surface area (Å²) in [5, 5.41) is 2.56. The first-order valence-corrected chi connectivity index (χ1v) is 10.6. The van der Waals surface area contributed by atoms with Crippen molar-refractivity contribution in [3.63, 3.8) is 0 Å². The van der Waals surface area contributed by atoms with Gasteiger partial charge in [0.2, 0.25) is 0 Å². The van der Waals surface area contributed by atoms with Gasteiger partial charge in [0.05, 0.1) is 18.3 Å². The lowest BCUT2D eigenvalue weighted by Crippen LogP contribution is -2.31. The molecule has 0 aliphatic carbocycles. The van der Waals surface area contributed by atoms with Crippen molar-refractivity contribution in [2.75, 3.05) is 20.7 Å². The summed E-state index contributed by atoms with van der Waals surface area (Å²) < 4.78 is 5.14. The molecular weight excluding hydrogens is 404 g/mol. The largest absolute Gasteiger partial charge is 0.380 e. The number of likely N-dealkylation sites (tertiary alicyclic amines) is 1. The Kier molecular flexibility index (Phi) is 6.56. The number of aromatic nitrogens is 2. The molecule has 1 aliphatic rings. The fourth-order valence-corrected chi connectivity index (χ4v) is 3.99.